The third-order valence-electron chi connectivity index (χ3n) is 1.92. The Hall–Kier alpha value is -0.380. The Bertz CT molecular complexity index is 235. The molecule has 0 aromatic carbocycles. The number of nitrogens with one attached hydrogen (secondary N) is 1. The fourth-order valence-corrected chi connectivity index (χ4v) is 7.50. The topological polar surface area (TPSA) is 38.3 Å². The molecule has 0 aromatic heterocycles. The standard InChI is InChI=1S/C5H7N.C3H5O2.In/c1-3-4-5-6-2;1-3(4)5-2;/h1,3-4,6H,2H3;1H2,2H3;. The monoisotopic (exact) mass is 269 g/mol. The van der Waals surface area contributed by atoms with Gasteiger partial charge in [-0.1, -0.05) is 0 Å². The molecule has 1 N–H and O–H groups in total. The van der Waals surface area contributed by atoms with E-state index < -0.39 is 21.4 Å². The van der Waals surface area contributed by atoms with Crippen LogP contribution in [0.3, 0.4) is 0 Å². The van der Waals surface area contributed by atoms with E-state index >= 15 is 0 Å². The maximum absolute atomic E-state index is 11.0. The molecular weight excluding hydrogens is 257 g/mol. The van der Waals surface area contributed by atoms with Gasteiger partial charge >= 0.3 is 80.0 Å². The minimum absolute atomic E-state index is 0.0801. The number of rotatable bonds is 3. The number of carbonyl (C=O) groups is 1. The molecule has 1 rings (SSSR count). The Morgan fingerprint density at radius 1 is 1.75 bits per heavy atom. The van der Waals surface area contributed by atoms with E-state index in [9.17, 15) is 4.79 Å². The molecule has 1 aliphatic heterocycles. The van der Waals surface area contributed by atoms with Crippen molar-refractivity contribution in [3.05, 3.63) is 19.4 Å². The van der Waals surface area contributed by atoms with Gasteiger partial charge in [0.15, 0.2) is 0 Å². The minimum atomic E-state index is -1.87. The Morgan fingerprint density at radius 3 is 3.08 bits per heavy atom. The van der Waals surface area contributed by atoms with E-state index in [1.165, 1.54) is 10.6 Å². The molecule has 1 aliphatic rings. The van der Waals surface area contributed by atoms with Crippen molar-refractivity contribution in [1.29, 1.82) is 0 Å². The molecule has 64 valence electrons. The summed E-state index contributed by atoms with van der Waals surface area (Å²) >= 11 is -1.87. The second-order valence-corrected chi connectivity index (χ2v) is 10.1. The summed E-state index contributed by atoms with van der Waals surface area (Å²) < 4.78 is 8.73. The molecule has 0 atom stereocenters. The number of allylic oxidation sites excluding steroid dienone is 2. The molecule has 0 spiro atoms. The predicted molar refractivity (Wildman–Crippen MR) is 48.9 cm³/mol. The Balaban J connectivity index is 2.48. The fourth-order valence-electron chi connectivity index (χ4n) is 1.23. The number of carbonyl (C=O) groups excluding carboxylic acids is 1. The number of methoxy groups -OCH3 is 1. The van der Waals surface area contributed by atoms with Crippen LogP contribution in [0.2, 0.25) is 4.18 Å². The van der Waals surface area contributed by atoms with Crippen LogP contribution in [0.25, 0.3) is 0 Å². The number of hydrogen-bond donors (Lipinski definition) is 1. The summed E-state index contributed by atoms with van der Waals surface area (Å²) in [5.74, 6) is -0.0801. The maximum atomic E-state index is 11.0. The van der Waals surface area contributed by atoms with Crippen molar-refractivity contribution < 1.29 is 9.53 Å². The van der Waals surface area contributed by atoms with Gasteiger partial charge < -0.3 is 0 Å². The molecule has 1 heterocycles. The van der Waals surface area contributed by atoms with Crippen LogP contribution in [0.5, 0.6) is 0 Å². The van der Waals surface area contributed by atoms with Crippen molar-refractivity contribution in [1.82, 2.24) is 5.32 Å². The number of hydrogen-bond acceptors (Lipinski definition) is 3. The molecule has 3 nitrogen and oxygen atoms in total. The molecule has 0 saturated carbocycles. The van der Waals surface area contributed by atoms with Crippen LogP contribution in [-0.4, -0.2) is 41.6 Å². The molecule has 0 radical (unpaired) electrons. The summed E-state index contributed by atoms with van der Waals surface area (Å²) in [5, 5.41) is 3.13. The van der Waals surface area contributed by atoms with Crippen molar-refractivity contribution in [2.75, 3.05) is 14.2 Å². The van der Waals surface area contributed by atoms with Crippen molar-refractivity contribution in [2.45, 2.75) is 4.18 Å². The molecular formula is C8H12InNO2. The second kappa shape index (κ2) is 4.60. The summed E-state index contributed by atoms with van der Waals surface area (Å²) in [6, 6.07) is 0. The zero-order chi connectivity index (χ0) is 8.97. The van der Waals surface area contributed by atoms with Crippen LogP contribution in [0.1, 0.15) is 0 Å². The predicted octanol–water partition coefficient (Wildman–Crippen LogP) is 0.406. The van der Waals surface area contributed by atoms with Gasteiger partial charge in [0.1, 0.15) is 0 Å². The average molecular weight is 269 g/mol. The summed E-state index contributed by atoms with van der Waals surface area (Å²) in [5.41, 5.74) is 0. The first-order valence-electron chi connectivity index (χ1n) is 3.91. The van der Waals surface area contributed by atoms with E-state index in [2.05, 4.69) is 20.0 Å². The molecule has 0 unspecified atom stereocenters. The van der Waals surface area contributed by atoms with Crippen LogP contribution in [0.15, 0.2) is 19.4 Å². The molecule has 12 heavy (non-hydrogen) atoms. The van der Waals surface area contributed by atoms with Crippen molar-refractivity contribution in [3.63, 3.8) is 0 Å². The quantitative estimate of drug-likeness (QED) is 0.754. The van der Waals surface area contributed by atoms with E-state index in [1.807, 2.05) is 13.1 Å². The first kappa shape index (κ1) is 9.71. The zero-order valence-electron chi connectivity index (χ0n) is 7.33. The Morgan fingerprint density at radius 2 is 2.50 bits per heavy atom. The molecule has 0 bridgehead atoms. The summed E-state index contributed by atoms with van der Waals surface area (Å²) in [6.45, 7) is 0. The zero-order valence-corrected chi connectivity index (χ0v) is 10.6. The molecule has 0 amide bonds. The average Bonchev–Trinajstić information content (AvgIpc) is 2.51. The second-order valence-electron chi connectivity index (χ2n) is 2.64. The van der Waals surface area contributed by atoms with Crippen LogP contribution in [0, 0.1) is 0 Å². The van der Waals surface area contributed by atoms with Crippen molar-refractivity contribution >= 4 is 27.4 Å². The molecule has 0 saturated heterocycles. The third kappa shape index (κ3) is 2.30. The molecule has 4 heteroatoms. The Labute approximate surface area is 80.0 Å². The molecule has 0 aliphatic carbocycles. The first-order valence-corrected chi connectivity index (χ1v) is 9.79. The van der Waals surface area contributed by atoms with Crippen LogP contribution in [-0.2, 0) is 9.53 Å². The van der Waals surface area contributed by atoms with Gasteiger partial charge in [0, 0.05) is 0 Å². The van der Waals surface area contributed by atoms with Gasteiger partial charge in [0.25, 0.3) is 0 Å². The fraction of sp³-hybridized carbons (Fsp3) is 0.375. The van der Waals surface area contributed by atoms with E-state index in [0.717, 1.165) is 0 Å². The normalized spacial score (nSPS) is 14.5. The van der Waals surface area contributed by atoms with E-state index in [1.54, 1.807) is 0 Å². The van der Waals surface area contributed by atoms with E-state index in [-0.39, 0.29) is 5.97 Å². The Kier molecular flexibility index (Phi) is 3.72. The van der Waals surface area contributed by atoms with Gasteiger partial charge in [0.05, 0.1) is 0 Å². The van der Waals surface area contributed by atoms with Gasteiger partial charge in [0.2, 0.25) is 0 Å². The number of esters is 1. The van der Waals surface area contributed by atoms with Crippen molar-refractivity contribution in [2.24, 2.45) is 0 Å². The number of ether oxygens (including phenoxy) is 1. The van der Waals surface area contributed by atoms with Crippen molar-refractivity contribution in [3.8, 4) is 0 Å². The van der Waals surface area contributed by atoms with Gasteiger partial charge in [-0.2, -0.15) is 0 Å². The third-order valence-corrected chi connectivity index (χ3v) is 9.74. The van der Waals surface area contributed by atoms with Gasteiger partial charge in [-0.15, -0.1) is 0 Å². The molecule has 0 aromatic rings. The van der Waals surface area contributed by atoms with Gasteiger partial charge in [-0.3, -0.25) is 0 Å². The first-order chi connectivity index (χ1) is 5.77. The van der Waals surface area contributed by atoms with Crippen LogP contribution in [0.4, 0.5) is 0 Å². The summed E-state index contributed by atoms with van der Waals surface area (Å²) in [7, 11) is 3.34. The molecule has 0 fully saturated rings. The van der Waals surface area contributed by atoms with Gasteiger partial charge in [-0.05, 0) is 0 Å². The summed E-state index contributed by atoms with van der Waals surface area (Å²) in [4.78, 5) is 11.0. The van der Waals surface area contributed by atoms with Crippen LogP contribution >= 0.6 is 0 Å². The summed E-state index contributed by atoms with van der Waals surface area (Å²) in [6.07, 6.45) is 4.10. The van der Waals surface area contributed by atoms with Gasteiger partial charge in [-0.25, -0.2) is 0 Å². The SMILES string of the molecule is CN[C]1=CC=[CH][In]1[CH2]C(=O)OC. The van der Waals surface area contributed by atoms with E-state index in [4.69, 9.17) is 0 Å². The van der Waals surface area contributed by atoms with E-state index in [0.29, 0.717) is 4.18 Å². The van der Waals surface area contributed by atoms with Crippen LogP contribution < -0.4 is 5.32 Å².